The predicted molar refractivity (Wildman–Crippen MR) is 119 cm³/mol. The lowest BCUT2D eigenvalue weighted by Gasteiger charge is -2.19. The number of hydrogen-bond acceptors (Lipinski definition) is 4. The van der Waals surface area contributed by atoms with Crippen LogP contribution in [0.15, 0.2) is 0 Å². The summed E-state index contributed by atoms with van der Waals surface area (Å²) in [5.41, 5.74) is 5.45. The fourth-order valence-corrected chi connectivity index (χ4v) is 3.51. The van der Waals surface area contributed by atoms with Crippen molar-refractivity contribution >= 4 is 12.1 Å². The number of ether oxygens (including phenoxy) is 1. The summed E-state index contributed by atoms with van der Waals surface area (Å²) in [7, 11) is 0. The number of aliphatic carboxylic acids is 1. The number of unbranched alkanes of at least 4 members (excludes halogenated alkanes) is 9. The van der Waals surface area contributed by atoms with Gasteiger partial charge in [-0.1, -0.05) is 78.1 Å². The minimum Gasteiger partial charge on any atom is -0.480 e. The van der Waals surface area contributed by atoms with Crippen LogP contribution in [0.25, 0.3) is 0 Å². The van der Waals surface area contributed by atoms with E-state index in [1.54, 1.807) is 0 Å². The van der Waals surface area contributed by atoms with Gasteiger partial charge in [-0.2, -0.15) is 0 Å². The number of nitrogens with one attached hydrogen (secondary N) is 1. The van der Waals surface area contributed by atoms with Crippen molar-refractivity contribution in [2.24, 2.45) is 11.7 Å². The average Bonchev–Trinajstić information content (AvgIpc) is 2.70. The maximum absolute atomic E-state index is 12.1. The third kappa shape index (κ3) is 17.3. The second kappa shape index (κ2) is 20.0. The van der Waals surface area contributed by atoms with Crippen LogP contribution in [-0.2, 0) is 9.53 Å². The molecule has 0 aliphatic rings. The van der Waals surface area contributed by atoms with Gasteiger partial charge in [0.15, 0.2) is 0 Å². The van der Waals surface area contributed by atoms with Crippen molar-refractivity contribution in [3.05, 3.63) is 0 Å². The molecule has 1 amide bonds. The van der Waals surface area contributed by atoms with Crippen molar-refractivity contribution in [1.29, 1.82) is 0 Å². The summed E-state index contributed by atoms with van der Waals surface area (Å²) in [6.45, 7) is 5.33. The molecular weight excluding hydrogens is 368 g/mol. The number of rotatable bonds is 20. The van der Waals surface area contributed by atoms with Gasteiger partial charge in [0.25, 0.3) is 0 Å². The van der Waals surface area contributed by atoms with E-state index < -0.39 is 18.1 Å². The van der Waals surface area contributed by atoms with E-state index in [-0.39, 0.29) is 0 Å². The molecule has 172 valence electrons. The molecule has 0 spiro atoms. The van der Waals surface area contributed by atoms with Crippen LogP contribution in [0.4, 0.5) is 4.79 Å². The van der Waals surface area contributed by atoms with E-state index in [2.05, 4.69) is 19.2 Å². The van der Waals surface area contributed by atoms with Gasteiger partial charge in [0, 0.05) is 0 Å². The largest absolute Gasteiger partial charge is 0.480 e. The molecule has 0 saturated carbocycles. The lowest BCUT2D eigenvalue weighted by molar-refractivity contribution is -0.139. The molecule has 0 bridgehead atoms. The predicted octanol–water partition coefficient (Wildman–Crippen LogP) is 5.63. The van der Waals surface area contributed by atoms with Gasteiger partial charge in [0.05, 0.1) is 6.61 Å². The topological polar surface area (TPSA) is 102 Å². The van der Waals surface area contributed by atoms with Gasteiger partial charge in [-0.3, -0.25) is 0 Å². The number of hydrogen-bond donors (Lipinski definition) is 3. The highest BCUT2D eigenvalue weighted by molar-refractivity contribution is 5.79. The summed E-state index contributed by atoms with van der Waals surface area (Å²) in [5.74, 6) is -0.661. The zero-order valence-corrected chi connectivity index (χ0v) is 18.9. The molecule has 6 nitrogen and oxygen atoms in total. The Morgan fingerprint density at radius 2 is 1.34 bits per heavy atom. The quantitative estimate of drug-likeness (QED) is 0.224. The Bertz CT molecular complexity index is 404. The average molecular weight is 415 g/mol. The third-order valence-corrected chi connectivity index (χ3v) is 5.42. The van der Waals surface area contributed by atoms with Gasteiger partial charge in [-0.25, -0.2) is 9.59 Å². The Labute approximate surface area is 178 Å². The fraction of sp³-hybridized carbons (Fsp3) is 0.913. The van der Waals surface area contributed by atoms with Crippen LogP contribution < -0.4 is 11.1 Å². The van der Waals surface area contributed by atoms with Crippen molar-refractivity contribution in [3.8, 4) is 0 Å². The Morgan fingerprint density at radius 3 is 1.90 bits per heavy atom. The lowest BCUT2D eigenvalue weighted by atomic mass is 9.95. The van der Waals surface area contributed by atoms with E-state index in [1.165, 1.54) is 57.8 Å². The highest BCUT2D eigenvalue weighted by Crippen LogP contribution is 2.19. The number of nitrogens with two attached hydrogens (primary N) is 1. The summed E-state index contributed by atoms with van der Waals surface area (Å²) in [6, 6.07) is -0.907. The van der Waals surface area contributed by atoms with Crippen LogP contribution in [0, 0.1) is 5.92 Å². The minimum atomic E-state index is -1.03. The Balaban J connectivity index is 4.31. The maximum Gasteiger partial charge on any atom is 0.407 e. The van der Waals surface area contributed by atoms with Crippen LogP contribution in [0.3, 0.4) is 0 Å². The molecule has 0 aliphatic carbocycles. The summed E-state index contributed by atoms with van der Waals surface area (Å²) in [4.78, 5) is 23.4. The van der Waals surface area contributed by atoms with Crippen LogP contribution in [-0.4, -0.2) is 36.4 Å². The fourth-order valence-electron chi connectivity index (χ4n) is 3.51. The van der Waals surface area contributed by atoms with Crippen LogP contribution in [0.1, 0.15) is 110 Å². The normalized spacial score (nSPS) is 13.1. The first-order valence-electron chi connectivity index (χ1n) is 11.9. The monoisotopic (exact) mass is 414 g/mol. The molecule has 0 aromatic carbocycles. The van der Waals surface area contributed by atoms with Crippen molar-refractivity contribution in [1.82, 2.24) is 5.32 Å². The van der Waals surface area contributed by atoms with Gasteiger partial charge in [-0.05, 0) is 44.6 Å². The van der Waals surface area contributed by atoms with E-state index in [4.69, 9.17) is 10.5 Å². The molecule has 0 rings (SSSR count). The van der Waals surface area contributed by atoms with E-state index >= 15 is 0 Å². The van der Waals surface area contributed by atoms with Gasteiger partial charge in [0.1, 0.15) is 6.04 Å². The molecule has 2 atom stereocenters. The van der Waals surface area contributed by atoms with Crippen LogP contribution in [0.2, 0.25) is 0 Å². The summed E-state index contributed by atoms with van der Waals surface area (Å²) < 4.78 is 5.41. The third-order valence-electron chi connectivity index (χ3n) is 5.42. The van der Waals surface area contributed by atoms with Crippen molar-refractivity contribution < 1.29 is 19.4 Å². The van der Waals surface area contributed by atoms with Gasteiger partial charge in [0.2, 0.25) is 0 Å². The second-order valence-electron chi connectivity index (χ2n) is 8.19. The summed E-state index contributed by atoms with van der Waals surface area (Å²) in [5, 5.41) is 11.8. The molecule has 0 radical (unpaired) electrons. The maximum atomic E-state index is 12.1. The molecular formula is C23H46N2O4. The van der Waals surface area contributed by atoms with Crippen molar-refractivity contribution in [2.45, 2.75) is 116 Å². The molecule has 29 heavy (non-hydrogen) atoms. The number of carbonyl (C=O) groups is 2. The van der Waals surface area contributed by atoms with Gasteiger partial charge < -0.3 is 20.9 Å². The summed E-state index contributed by atoms with van der Waals surface area (Å²) >= 11 is 0. The first kappa shape index (κ1) is 27.7. The first-order valence-corrected chi connectivity index (χ1v) is 11.9. The minimum absolute atomic E-state index is 0.365. The van der Waals surface area contributed by atoms with E-state index in [9.17, 15) is 14.7 Å². The molecule has 1 unspecified atom stereocenters. The number of amides is 1. The zero-order valence-electron chi connectivity index (χ0n) is 18.9. The first-order chi connectivity index (χ1) is 14.0. The van der Waals surface area contributed by atoms with Crippen molar-refractivity contribution in [3.63, 3.8) is 0 Å². The van der Waals surface area contributed by atoms with Gasteiger partial charge in [-0.15, -0.1) is 0 Å². The molecule has 0 aliphatic heterocycles. The lowest BCUT2D eigenvalue weighted by Crippen LogP contribution is -2.41. The summed E-state index contributed by atoms with van der Waals surface area (Å²) in [6.07, 6.45) is 15.7. The molecule has 6 heteroatoms. The number of carbonyl (C=O) groups excluding carboxylic acids is 1. The second-order valence-corrected chi connectivity index (χ2v) is 8.19. The Morgan fingerprint density at radius 1 is 0.828 bits per heavy atom. The molecule has 0 saturated heterocycles. The Kier molecular flexibility index (Phi) is 19.1. The molecule has 0 fully saturated rings. The molecule has 0 aromatic rings. The Hall–Kier alpha value is -1.30. The highest BCUT2D eigenvalue weighted by Gasteiger charge is 2.21. The zero-order chi connectivity index (χ0) is 21.7. The van der Waals surface area contributed by atoms with Gasteiger partial charge >= 0.3 is 12.1 Å². The van der Waals surface area contributed by atoms with E-state index in [1.807, 2.05) is 0 Å². The SMILES string of the molecule is CCCCCCCCC(CCCCCC)COC(=O)N[C@@H](CCCCN)C(=O)O. The number of carboxylic acids is 1. The standard InChI is InChI=1S/C23H46N2O4/c1-3-5-7-9-10-12-16-20(15-11-8-6-4-2)19-29-23(28)25-21(22(26)27)17-13-14-18-24/h20-21H,3-19,24H2,1-2H3,(H,25,28)(H,26,27)/t20?,21-/m0/s1. The van der Waals surface area contributed by atoms with Crippen molar-refractivity contribution in [2.75, 3.05) is 13.2 Å². The number of alkyl carbamates (subject to hydrolysis) is 1. The molecule has 0 heterocycles. The number of carboxylic acid groups (broad SMARTS) is 1. The smallest absolute Gasteiger partial charge is 0.407 e. The van der Waals surface area contributed by atoms with Crippen LogP contribution >= 0.6 is 0 Å². The van der Waals surface area contributed by atoms with E-state index in [0.717, 1.165) is 25.7 Å². The molecule has 0 aromatic heterocycles. The molecule has 4 N–H and O–H groups in total. The van der Waals surface area contributed by atoms with Crippen LogP contribution in [0.5, 0.6) is 0 Å². The van der Waals surface area contributed by atoms with E-state index in [0.29, 0.717) is 31.9 Å². The highest BCUT2D eigenvalue weighted by atomic mass is 16.5.